The van der Waals surface area contributed by atoms with Gasteiger partial charge < -0.3 is 14.8 Å². The van der Waals surface area contributed by atoms with Gasteiger partial charge in [-0.3, -0.25) is 4.79 Å². The number of rotatable bonds is 9. The summed E-state index contributed by atoms with van der Waals surface area (Å²) in [5.41, 5.74) is 2.22. The Kier molecular flexibility index (Phi) is 7.86. The van der Waals surface area contributed by atoms with Crippen LogP contribution in [0.4, 0.5) is 5.69 Å². The first-order chi connectivity index (χ1) is 14.1. The van der Waals surface area contributed by atoms with Crippen molar-refractivity contribution >= 4 is 21.6 Å². The minimum atomic E-state index is -3.72. The molecule has 0 radical (unpaired) electrons. The van der Waals surface area contributed by atoms with Gasteiger partial charge in [0.1, 0.15) is 11.5 Å². The van der Waals surface area contributed by atoms with Gasteiger partial charge in [-0.05, 0) is 69.5 Å². The van der Waals surface area contributed by atoms with Crippen LogP contribution in [-0.4, -0.2) is 33.6 Å². The first-order valence-electron chi connectivity index (χ1n) is 9.82. The van der Waals surface area contributed by atoms with Crippen molar-refractivity contribution in [2.24, 2.45) is 0 Å². The molecule has 164 valence electrons. The van der Waals surface area contributed by atoms with Gasteiger partial charge in [-0.25, -0.2) is 13.1 Å². The summed E-state index contributed by atoms with van der Waals surface area (Å²) >= 11 is 0. The van der Waals surface area contributed by atoms with Crippen LogP contribution in [0.15, 0.2) is 41.3 Å². The molecule has 0 bridgehead atoms. The number of carbonyl (C=O) groups excluding carboxylic acids is 1. The first-order valence-corrected chi connectivity index (χ1v) is 11.3. The van der Waals surface area contributed by atoms with E-state index >= 15 is 0 Å². The van der Waals surface area contributed by atoms with E-state index in [2.05, 4.69) is 10.0 Å². The number of carbonyl (C=O) groups is 1. The van der Waals surface area contributed by atoms with E-state index in [1.807, 2.05) is 39.0 Å². The Morgan fingerprint density at radius 2 is 1.77 bits per heavy atom. The predicted octanol–water partition coefficient (Wildman–Crippen LogP) is 3.79. The van der Waals surface area contributed by atoms with Crippen molar-refractivity contribution in [2.75, 3.05) is 12.4 Å². The van der Waals surface area contributed by atoms with Crippen LogP contribution in [0.3, 0.4) is 0 Å². The van der Waals surface area contributed by atoms with Gasteiger partial charge in [0.2, 0.25) is 10.0 Å². The number of nitrogens with one attached hydrogen (secondary N) is 2. The van der Waals surface area contributed by atoms with E-state index in [9.17, 15) is 13.2 Å². The molecule has 1 amide bonds. The van der Waals surface area contributed by atoms with E-state index in [0.717, 1.165) is 11.1 Å². The molecule has 0 unspecified atom stereocenters. The van der Waals surface area contributed by atoms with Gasteiger partial charge in [0.25, 0.3) is 5.91 Å². The Labute approximate surface area is 178 Å². The largest absolute Gasteiger partial charge is 0.495 e. The molecule has 0 fully saturated rings. The second kappa shape index (κ2) is 9.95. The van der Waals surface area contributed by atoms with E-state index < -0.39 is 16.1 Å². The van der Waals surface area contributed by atoms with E-state index in [-0.39, 0.29) is 22.5 Å². The van der Waals surface area contributed by atoms with Crippen molar-refractivity contribution in [3.8, 4) is 11.5 Å². The van der Waals surface area contributed by atoms with Crippen molar-refractivity contribution in [1.82, 2.24) is 4.72 Å². The topological polar surface area (TPSA) is 93.7 Å². The molecular formula is C22H30N2O5S. The summed E-state index contributed by atoms with van der Waals surface area (Å²) in [5, 5.41) is 2.75. The number of hydrogen-bond acceptors (Lipinski definition) is 5. The Morgan fingerprint density at radius 1 is 1.07 bits per heavy atom. The second-order valence-corrected chi connectivity index (χ2v) is 9.13. The fraction of sp³-hybridized carbons (Fsp3) is 0.409. The summed E-state index contributed by atoms with van der Waals surface area (Å²) in [6.07, 6.45) is -0.307. The van der Waals surface area contributed by atoms with Crippen LogP contribution in [0.1, 0.15) is 38.3 Å². The zero-order chi connectivity index (χ0) is 22.5. The second-order valence-electron chi connectivity index (χ2n) is 7.41. The van der Waals surface area contributed by atoms with Crippen LogP contribution in [0.2, 0.25) is 0 Å². The molecule has 2 aromatic rings. The smallest absolute Gasteiger partial charge is 0.265 e. The van der Waals surface area contributed by atoms with Gasteiger partial charge in [-0.15, -0.1) is 0 Å². The number of hydrogen-bond donors (Lipinski definition) is 2. The van der Waals surface area contributed by atoms with Crippen molar-refractivity contribution < 1.29 is 22.7 Å². The Bertz CT molecular complexity index is 1000. The molecule has 0 aliphatic carbocycles. The number of ether oxygens (including phenoxy) is 2. The lowest BCUT2D eigenvalue weighted by atomic mass is 10.1. The molecule has 0 saturated heterocycles. The first kappa shape index (κ1) is 23.7. The molecule has 0 aliphatic rings. The van der Waals surface area contributed by atoms with Crippen molar-refractivity contribution in [1.29, 1.82) is 0 Å². The van der Waals surface area contributed by atoms with Crippen LogP contribution >= 0.6 is 0 Å². The number of benzene rings is 2. The summed E-state index contributed by atoms with van der Waals surface area (Å²) in [6.45, 7) is 9.19. The normalized spacial score (nSPS) is 12.5. The number of amides is 1. The SMILES string of the molecule is CC[C@H](Oc1cc(C)ccc1C)C(=O)Nc1cc(S(=O)(=O)NC(C)C)ccc1OC. The summed E-state index contributed by atoms with van der Waals surface area (Å²) in [7, 11) is -2.26. The lowest BCUT2D eigenvalue weighted by Crippen LogP contribution is -2.33. The molecule has 0 saturated carbocycles. The summed E-state index contributed by atoms with van der Waals surface area (Å²) in [5.74, 6) is 0.609. The van der Waals surface area contributed by atoms with E-state index in [4.69, 9.17) is 9.47 Å². The zero-order valence-corrected chi connectivity index (χ0v) is 19.1. The van der Waals surface area contributed by atoms with E-state index in [0.29, 0.717) is 17.9 Å². The lowest BCUT2D eigenvalue weighted by molar-refractivity contribution is -0.122. The standard InChI is InChI=1S/C22H30N2O5S/c1-7-19(29-21-12-15(4)8-9-16(21)5)22(25)23-18-13-17(10-11-20(18)28-6)30(26,27)24-14(2)3/h8-14,19,24H,7H2,1-6H3,(H,23,25)/t19-/m0/s1. The molecule has 30 heavy (non-hydrogen) atoms. The fourth-order valence-corrected chi connectivity index (χ4v) is 4.13. The Balaban J connectivity index is 2.29. The Hall–Kier alpha value is -2.58. The van der Waals surface area contributed by atoms with Crippen molar-refractivity contribution in [2.45, 2.75) is 58.1 Å². The highest BCUT2D eigenvalue weighted by Crippen LogP contribution is 2.28. The fourth-order valence-electron chi connectivity index (χ4n) is 2.85. The molecular weight excluding hydrogens is 404 g/mol. The van der Waals surface area contributed by atoms with Crippen molar-refractivity contribution in [3.05, 3.63) is 47.5 Å². The highest BCUT2D eigenvalue weighted by molar-refractivity contribution is 7.89. The molecule has 0 aromatic heterocycles. The van der Waals surface area contributed by atoms with Gasteiger partial charge in [0.05, 0.1) is 17.7 Å². The van der Waals surface area contributed by atoms with Crippen LogP contribution < -0.4 is 19.5 Å². The molecule has 0 spiro atoms. The molecule has 7 nitrogen and oxygen atoms in total. The molecule has 1 atom stereocenters. The van der Waals surface area contributed by atoms with Gasteiger partial charge in [-0.2, -0.15) is 0 Å². The highest BCUT2D eigenvalue weighted by Gasteiger charge is 2.23. The third kappa shape index (κ3) is 5.96. The molecule has 2 rings (SSSR count). The lowest BCUT2D eigenvalue weighted by Gasteiger charge is -2.20. The Morgan fingerprint density at radius 3 is 2.37 bits per heavy atom. The summed E-state index contributed by atoms with van der Waals surface area (Å²) < 4.78 is 38.7. The summed E-state index contributed by atoms with van der Waals surface area (Å²) in [4.78, 5) is 12.9. The molecule has 8 heteroatoms. The maximum atomic E-state index is 12.9. The predicted molar refractivity (Wildman–Crippen MR) is 118 cm³/mol. The number of anilines is 1. The minimum Gasteiger partial charge on any atom is -0.495 e. The number of sulfonamides is 1. The third-order valence-corrected chi connectivity index (χ3v) is 6.06. The van der Waals surface area contributed by atoms with Gasteiger partial charge in [0.15, 0.2) is 6.10 Å². The number of methoxy groups -OCH3 is 1. The maximum absolute atomic E-state index is 12.9. The zero-order valence-electron chi connectivity index (χ0n) is 18.3. The average Bonchev–Trinajstić information content (AvgIpc) is 2.67. The van der Waals surface area contributed by atoms with E-state index in [1.165, 1.54) is 25.3 Å². The quantitative estimate of drug-likeness (QED) is 0.626. The van der Waals surface area contributed by atoms with Gasteiger partial charge >= 0.3 is 0 Å². The van der Waals surface area contributed by atoms with Gasteiger partial charge in [-0.1, -0.05) is 19.1 Å². The van der Waals surface area contributed by atoms with Crippen molar-refractivity contribution in [3.63, 3.8) is 0 Å². The minimum absolute atomic E-state index is 0.0378. The van der Waals surface area contributed by atoms with Crippen LogP contribution in [0, 0.1) is 13.8 Å². The summed E-state index contributed by atoms with van der Waals surface area (Å²) in [6, 6.07) is 9.87. The maximum Gasteiger partial charge on any atom is 0.265 e. The third-order valence-electron chi connectivity index (χ3n) is 4.41. The van der Waals surface area contributed by atoms with Crippen LogP contribution in [0.25, 0.3) is 0 Å². The highest BCUT2D eigenvalue weighted by atomic mass is 32.2. The number of aryl methyl sites for hydroxylation is 2. The molecule has 0 aliphatic heterocycles. The van der Waals surface area contributed by atoms with Gasteiger partial charge in [0, 0.05) is 6.04 Å². The monoisotopic (exact) mass is 434 g/mol. The average molecular weight is 435 g/mol. The van der Waals surface area contributed by atoms with E-state index in [1.54, 1.807) is 13.8 Å². The molecule has 0 heterocycles. The molecule has 2 N–H and O–H groups in total. The van der Waals surface area contributed by atoms with Crippen LogP contribution in [-0.2, 0) is 14.8 Å². The molecule has 2 aromatic carbocycles. The van der Waals surface area contributed by atoms with Crippen LogP contribution in [0.5, 0.6) is 11.5 Å².